The standard InChI is InChI=1S/C10H9FO3/c11-8(6-12)7-1-2-9-10(5-7)14-4-3-13-9/h1-2,5-6,8H,3-4H2. The molecule has 14 heavy (non-hydrogen) atoms. The average molecular weight is 196 g/mol. The lowest BCUT2D eigenvalue weighted by Gasteiger charge is -2.18. The molecule has 0 aliphatic carbocycles. The maximum absolute atomic E-state index is 13.0. The van der Waals surface area contributed by atoms with Crippen molar-refractivity contribution in [2.75, 3.05) is 13.2 Å². The molecule has 1 heterocycles. The van der Waals surface area contributed by atoms with Gasteiger partial charge in [-0.3, -0.25) is 4.79 Å². The fourth-order valence-corrected chi connectivity index (χ4v) is 1.31. The molecule has 1 aliphatic heterocycles. The molecule has 0 aromatic heterocycles. The Kier molecular flexibility index (Phi) is 2.35. The quantitative estimate of drug-likeness (QED) is 0.675. The molecule has 0 saturated carbocycles. The molecule has 74 valence electrons. The van der Waals surface area contributed by atoms with E-state index in [0.717, 1.165) is 0 Å². The van der Waals surface area contributed by atoms with Crippen molar-refractivity contribution in [2.24, 2.45) is 0 Å². The van der Waals surface area contributed by atoms with E-state index in [2.05, 4.69) is 0 Å². The number of aldehydes is 1. The Morgan fingerprint density at radius 3 is 2.71 bits per heavy atom. The smallest absolute Gasteiger partial charge is 0.180 e. The highest BCUT2D eigenvalue weighted by atomic mass is 19.1. The minimum Gasteiger partial charge on any atom is -0.486 e. The normalized spacial score (nSPS) is 16.1. The highest BCUT2D eigenvalue weighted by Crippen LogP contribution is 2.32. The van der Waals surface area contributed by atoms with Crippen molar-refractivity contribution in [2.45, 2.75) is 6.17 Å². The van der Waals surface area contributed by atoms with Crippen LogP contribution in [0.1, 0.15) is 11.7 Å². The van der Waals surface area contributed by atoms with E-state index in [0.29, 0.717) is 30.3 Å². The third-order valence-corrected chi connectivity index (χ3v) is 2.00. The summed E-state index contributed by atoms with van der Waals surface area (Å²) >= 11 is 0. The number of alkyl halides is 1. The number of halogens is 1. The molecule has 0 amide bonds. The molecule has 0 radical (unpaired) electrons. The Balaban J connectivity index is 2.33. The Labute approximate surface area is 80.4 Å². The largest absolute Gasteiger partial charge is 0.486 e. The molecule has 3 nitrogen and oxygen atoms in total. The number of hydrogen-bond acceptors (Lipinski definition) is 3. The first-order valence-electron chi connectivity index (χ1n) is 4.30. The average Bonchev–Trinajstić information content (AvgIpc) is 2.27. The molecule has 1 aliphatic rings. The lowest BCUT2D eigenvalue weighted by Crippen LogP contribution is -2.15. The minimum atomic E-state index is -1.59. The van der Waals surface area contributed by atoms with Gasteiger partial charge in [0.15, 0.2) is 24.0 Å². The fraction of sp³-hybridized carbons (Fsp3) is 0.300. The van der Waals surface area contributed by atoms with E-state index in [4.69, 9.17) is 9.47 Å². The summed E-state index contributed by atoms with van der Waals surface area (Å²) in [6.45, 7) is 0.952. The summed E-state index contributed by atoms with van der Waals surface area (Å²) in [7, 11) is 0. The van der Waals surface area contributed by atoms with Gasteiger partial charge in [-0.15, -0.1) is 0 Å². The molecule has 1 atom stereocenters. The molecule has 1 aromatic carbocycles. The third kappa shape index (κ3) is 1.55. The van der Waals surface area contributed by atoms with Crippen LogP contribution in [0.2, 0.25) is 0 Å². The van der Waals surface area contributed by atoms with Gasteiger partial charge in [0.1, 0.15) is 13.2 Å². The van der Waals surface area contributed by atoms with Crippen molar-refractivity contribution in [3.8, 4) is 11.5 Å². The minimum absolute atomic E-state index is 0.255. The van der Waals surface area contributed by atoms with E-state index in [9.17, 15) is 9.18 Å². The topological polar surface area (TPSA) is 35.5 Å². The van der Waals surface area contributed by atoms with Crippen molar-refractivity contribution < 1.29 is 18.7 Å². The highest BCUT2D eigenvalue weighted by molar-refractivity contribution is 5.61. The van der Waals surface area contributed by atoms with Gasteiger partial charge in [-0.25, -0.2) is 4.39 Å². The summed E-state index contributed by atoms with van der Waals surface area (Å²) in [6.07, 6.45) is -1.34. The maximum Gasteiger partial charge on any atom is 0.180 e. The zero-order valence-corrected chi connectivity index (χ0v) is 7.40. The van der Waals surface area contributed by atoms with Gasteiger partial charge in [0.05, 0.1) is 0 Å². The highest BCUT2D eigenvalue weighted by Gasteiger charge is 2.15. The van der Waals surface area contributed by atoms with Crippen molar-refractivity contribution in [1.82, 2.24) is 0 Å². The van der Waals surface area contributed by atoms with Crippen LogP contribution in [-0.2, 0) is 4.79 Å². The van der Waals surface area contributed by atoms with Crippen LogP contribution < -0.4 is 9.47 Å². The van der Waals surface area contributed by atoms with Crippen LogP contribution in [-0.4, -0.2) is 19.5 Å². The first-order chi connectivity index (χ1) is 6.81. The van der Waals surface area contributed by atoms with E-state index in [1.165, 1.54) is 12.1 Å². The van der Waals surface area contributed by atoms with E-state index >= 15 is 0 Å². The van der Waals surface area contributed by atoms with Gasteiger partial charge in [0.25, 0.3) is 0 Å². The van der Waals surface area contributed by atoms with Crippen molar-refractivity contribution in [3.63, 3.8) is 0 Å². The van der Waals surface area contributed by atoms with Crippen LogP contribution in [0.5, 0.6) is 11.5 Å². The summed E-state index contributed by atoms with van der Waals surface area (Å²) in [4.78, 5) is 10.2. The second-order valence-electron chi connectivity index (χ2n) is 2.94. The lowest BCUT2D eigenvalue weighted by atomic mass is 10.1. The first kappa shape index (κ1) is 8.99. The Bertz CT molecular complexity index is 351. The van der Waals surface area contributed by atoms with Gasteiger partial charge >= 0.3 is 0 Å². The predicted octanol–water partition coefficient (Wildman–Crippen LogP) is 1.67. The SMILES string of the molecule is O=CC(F)c1ccc2c(c1)OCCO2. The summed E-state index contributed by atoms with van der Waals surface area (Å²) in [5.41, 5.74) is 0.296. The Hall–Kier alpha value is -1.58. The second kappa shape index (κ2) is 3.65. The molecule has 4 heteroatoms. The number of rotatable bonds is 2. The van der Waals surface area contributed by atoms with E-state index in [1.54, 1.807) is 6.07 Å². The van der Waals surface area contributed by atoms with E-state index in [1.807, 2.05) is 0 Å². The summed E-state index contributed by atoms with van der Waals surface area (Å²) in [5.74, 6) is 1.09. The van der Waals surface area contributed by atoms with Crippen LogP contribution in [0, 0.1) is 0 Å². The molecule has 1 unspecified atom stereocenters. The van der Waals surface area contributed by atoms with Gasteiger partial charge in [0.2, 0.25) is 0 Å². The predicted molar refractivity (Wildman–Crippen MR) is 47.3 cm³/mol. The van der Waals surface area contributed by atoms with Gasteiger partial charge in [-0.05, 0) is 17.7 Å². The van der Waals surface area contributed by atoms with E-state index < -0.39 is 6.17 Å². The molecule has 2 rings (SSSR count). The number of carbonyl (C=O) groups excluding carboxylic acids is 1. The van der Waals surface area contributed by atoms with Gasteiger partial charge in [-0.1, -0.05) is 6.07 Å². The van der Waals surface area contributed by atoms with Crippen molar-refractivity contribution in [1.29, 1.82) is 0 Å². The molecule has 0 spiro atoms. The van der Waals surface area contributed by atoms with Crippen LogP contribution in [0.3, 0.4) is 0 Å². The fourth-order valence-electron chi connectivity index (χ4n) is 1.31. The van der Waals surface area contributed by atoms with Crippen LogP contribution in [0.4, 0.5) is 4.39 Å². The molecular weight excluding hydrogens is 187 g/mol. The zero-order chi connectivity index (χ0) is 9.97. The molecule has 0 saturated heterocycles. The number of ether oxygens (including phenoxy) is 2. The second-order valence-corrected chi connectivity index (χ2v) is 2.94. The van der Waals surface area contributed by atoms with Crippen LogP contribution >= 0.6 is 0 Å². The van der Waals surface area contributed by atoms with Gasteiger partial charge in [-0.2, -0.15) is 0 Å². The van der Waals surface area contributed by atoms with Crippen LogP contribution in [0.25, 0.3) is 0 Å². The Morgan fingerprint density at radius 1 is 1.29 bits per heavy atom. The number of benzene rings is 1. The van der Waals surface area contributed by atoms with Gasteiger partial charge < -0.3 is 9.47 Å². The van der Waals surface area contributed by atoms with Gasteiger partial charge in [0, 0.05) is 0 Å². The summed E-state index contributed by atoms with van der Waals surface area (Å²) in [6, 6.07) is 4.63. The lowest BCUT2D eigenvalue weighted by molar-refractivity contribution is -0.112. The first-order valence-corrected chi connectivity index (χ1v) is 4.30. The Morgan fingerprint density at radius 2 is 2.00 bits per heavy atom. The van der Waals surface area contributed by atoms with Crippen molar-refractivity contribution in [3.05, 3.63) is 23.8 Å². The number of hydrogen-bond donors (Lipinski definition) is 0. The summed E-state index contributed by atoms with van der Waals surface area (Å²) in [5, 5.41) is 0. The van der Waals surface area contributed by atoms with E-state index in [-0.39, 0.29) is 6.29 Å². The summed E-state index contributed by atoms with van der Waals surface area (Å²) < 4.78 is 23.5. The van der Waals surface area contributed by atoms with Crippen LogP contribution in [0.15, 0.2) is 18.2 Å². The monoisotopic (exact) mass is 196 g/mol. The molecule has 0 fully saturated rings. The van der Waals surface area contributed by atoms with Crippen molar-refractivity contribution >= 4 is 6.29 Å². The molecular formula is C10H9FO3. The zero-order valence-electron chi connectivity index (χ0n) is 7.40. The number of carbonyl (C=O) groups is 1. The molecule has 0 N–H and O–H groups in total. The molecule has 0 bridgehead atoms. The maximum atomic E-state index is 13.0. The third-order valence-electron chi connectivity index (χ3n) is 2.00. The number of fused-ring (bicyclic) bond motifs is 1. The molecule has 1 aromatic rings.